The Hall–Kier alpha value is -1.49. The molecule has 2 aromatic rings. The van der Waals surface area contributed by atoms with E-state index in [1.165, 1.54) is 6.92 Å². The zero-order valence-corrected chi connectivity index (χ0v) is 16.1. The number of rotatable bonds is 6. The molecule has 1 atom stereocenters. The van der Waals surface area contributed by atoms with E-state index in [9.17, 15) is 4.39 Å². The third kappa shape index (κ3) is 3.77. The molecular weight excluding hydrogens is 317 g/mol. The highest BCUT2D eigenvalue weighted by Crippen LogP contribution is 2.37. The first-order chi connectivity index (χ1) is 11.2. The van der Waals surface area contributed by atoms with Gasteiger partial charge in [0.1, 0.15) is 5.67 Å². The van der Waals surface area contributed by atoms with Crippen LogP contribution >= 0.6 is 0 Å². The lowest BCUT2D eigenvalue weighted by molar-refractivity contribution is 0.104. The number of halogens is 1. The lowest BCUT2D eigenvalue weighted by Crippen LogP contribution is -2.67. The summed E-state index contributed by atoms with van der Waals surface area (Å²) in [6.07, 6.45) is 0. The van der Waals surface area contributed by atoms with E-state index >= 15 is 0 Å². The summed E-state index contributed by atoms with van der Waals surface area (Å²) in [7, 11) is -2.67. The van der Waals surface area contributed by atoms with Crippen LogP contribution in [0.25, 0.3) is 0 Å². The molecule has 0 saturated heterocycles. The second kappa shape index (κ2) is 7.17. The summed E-state index contributed by atoms with van der Waals surface area (Å²) >= 11 is 0. The fourth-order valence-corrected chi connectivity index (χ4v) is 7.75. The van der Waals surface area contributed by atoms with Gasteiger partial charge in [-0.3, -0.25) is 0 Å². The number of alkyl halides is 1. The molecule has 2 rings (SSSR count). The number of hydrogen-bond acceptors (Lipinski definition) is 2. The third-order valence-electron chi connectivity index (χ3n) is 4.43. The molecule has 0 radical (unpaired) electrons. The molecule has 24 heavy (non-hydrogen) atoms. The first-order valence-electron chi connectivity index (χ1n) is 8.37. The van der Waals surface area contributed by atoms with Gasteiger partial charge in [-0.05, 0) is 22.3 Å². The molecule has 0 heterocycles. The molecule has 0 aromatic heterocycles. The lowest BCUT2D eigenvalue weighted by atomic mass is 10.1. The molecule has 0 fully saturated rings. The van der Waals surface area contributed by atoms with Crippen LogP contribution in [-0.4, -0.2) is 27.1 Å². The maximum atomic E-state index is 14.5. The monoisotopic (exact) mass is 345 g/mol. The summed E-state index contributed by atoms with van der Waals surface area (Å²) < 4.78 is 21.0. The van der Waals surface area contributed by atoms with E-state index in [0.29, 0.717) is 0 Å². The van der Waals surface area contributed by atoms with Crippen LogP contribution in [0.5, 0.6) is 0 Å². The van der Waals surface area contributed by atoms with E-state index in [-0.39, 0.29) is 18.2 Å². The van der Waals surface area contributed by atoms with E-state index in [1.54, 1.807) is 0 Å². The van der Waals surface area contributed by atoms with Gasteiger partial charge in [0.25, 0.3) is 8.32 Å². The van der Waals surface area contributed by atoms with Crippen molar-refractivity contribution in [2.24, 2.45) is 5.73 Å². The normalized spacial score (nSPS) is 15.1. The minimum Gasteiger partial charge on any atom is -0.404 e. The van der Waals surface area contributed by atoms with Gasteiger partial charge in [-0.2, -0.15) is 0 Å². The molecular formula is C20H28FNOSi. The summed E-state index contributed by atoms with van der Waals surface area (Å²) in [6.45, 7) is 7.98. The smallest absolute Gasteiger partial charge is 0.261 e. The molecule has 2 nitrogen and oxygen atoms in total. The summed E-state index contributed by atoms with van der Waals surface area (Å²) in [4.78, 5) is 0. The largest absolute Gasteiger partial charge is 0.404 e. The Morgan fingerprint density at radius 3 is 1.62 bits per heavy atom. The fraction of sp³-hybridized carbons (Fsp3) is 0.400. The quantitative estimate of drug-likeness (QED) is 0.816. The molecule has 0 aliphatic heterocycles. The zero-order chi connectivity index (χ0) is 17.8. The van der Waals surface area contributed by atoms with Crippen LogP contribution in [0.4, 0.5) is 4.39 Å². The number of benzene rings is 2. The van der Waals surface area contributed by atoms with Crippen LogP contribution in [0.15, 0.2) is 60.7 Å². The van der Waals surface area contributed by atoms with E-state index < -0.39 is 14.0 Å². The molecule has 0 spiro atoms. The number of hydrogen-bond donors (Lipinski definition) is 1. The molecule has 130 valence electrons. The average molecular weight is 346 g/mol. The van der Waals surface area contributed by atoms with Crippen molar-refractivity contribution in [1.82, 2.24) is 0 Å². The van der Waals surface area contributed by atoms with Gasteiger partial charge in [0.05, 0.1) is 6.61 Å². The van der Waals surface area contributed by atoms with Gasteiger partial charge in [-0.15, -0.1) is 0 Å². The van der Waals surface area contributed by atoms with Crippen LogP contribution in [0, 0.1) is 0 Å². The minimum atomic E-state index is -2.67. The molecule has 0 aliphatic carbocycles. The van der Waals surface area contributed by atoms with Gasteiger partial charge in [-0.1, -0.05) is 81.4 Å². The second-order valence-electron chi connectivity index (χ2n) is 7.57. The molecule has 2 N–H and O–H groups in total. The summed E-state index contributed by atoms with van der Waals surface area (Å²) in [5.74, 6) is 0. The maximum Gasteiger partial charge on any atom is 0.261 e. The predicted octanol–water partition coefficient (Wildman–Crippen LogP) is 3.25. The van der Waals surface area contributed by atoms with Crippen molar-refractivity contribution in [2.75, 3.05) is 13.2 Å². The molecule has 1 unspecified atom stereocenters. The molecule has 4 heteroatoms. The zero-order valence-electron chi connectivity index (χ0n) is 15.1. The van der Waals surface area contributed by atoms with Gasteiger partial charge >= 0.3 is 0 Å². The SMILES string of the molecule is CC(F)(CN)CO[Si](c1ccccc1)(c1ccccc1)C(C)(C)C. The molecule has 0 bridgehead atoms. The Labute approximate surface area is 146 Å². The molecule has 0 saturated carbocycles. The Bertz CT molecular complexity index is 598. The van der Waals surface area contributed by atoms with Crippen molar-refractivity contribution in [3.05, 3.63) is 60.7 Å². The highest BCUT2D eigenvalue weighted by atomic mass is 28.4. The van der Waals surface area contributed by atoms with E-state index in [2.05, 4.69) is 45.0 Å². The van der Waals surface area contributed by atoms with E-state index in [1.807, 2.05) is 36.4 Å². The van der Waals surface area contributed by atoms with Crippen LogP contribution < -0.4 is 16.1 Å². The van der Waals surface area contributed by atoms with Crippen molar-refractivity contribution in [3.8, 4) is 0 Å². The van der Waals surface area contributed by atoms with Crippen molar-refractivity contribution in [1.29, 1.82) is 0 Å². The van der Waals surface area contributed by atoms with Gasteiger partial charge < -0.3 is 10.2 Å². The van der Waals surface area contributed by atoms with Crippen LogP contribution in [-0.2, 0) is 4.43 Å². The Morgan fingerprint density at radius 1 is 0.875 bits per heavy atom. The topological polar surface area (TPSA) is 35.2 Å². The van der Waals surface area contributed by atoms with E-state index in [0.717, 1.165) is 10.4 Å². The third-order valence-corrected chi connectivity index (χ3v) is 9.41. The maximum absolute atomic E-state index is 14.5. The van der Waals surface area contributed by atoms with Crippen molar-refractivity contribution in [2.45, 2.75) is 38.4 Å². The summed E-state index contributed by atoms with van der Waals surface area (Å²) in [6, 6.07) is 20.5. The Kier molecular flexibility index (Phi) is 5.63. The Balaban J connectivity index is 2.62. The second-order valence-corrected chi connectivity index (χ2v) is 11.9. The molecule has 0 amide bonds. The highest BCUT2D eigenvalue weighted by molar-refractivity contribution is 6.99. The highest BCUT2D eigenvalue weighted by Gasteiger charge is 2.51. The average Bonchev–Trinajstić information content (AvgIpc) is 2.56. The summed E-state index contributed by atoms with van der Waals surface area (Å²) in [5, 5.41) is 2.15. The summed E-state index contributed by atoms with van der Waals surface area (Å²) in [5.41, 5.74) is 4.05. The minimum absolute atomic E-state index is 0.00319. The van der Waals surface area contributed by atoms with Crippen LogP contribution in [0.1, 0.15) is 27.7 Å². The standard InChI is InChI=1S/C20H28FNOSi/c1-19(2,3)24(17-11-7-5-8-12-17,18-13-9-6-10-14-18)23-16-20(4,21)15-22/h5-14H,15-16,22H2,1-4H3. The first kappa shape index (κ1) is 18.8. The van der Waals surface area contributed by atoms with Gasteiger partial charge in [-0.25, -0.2) is 4.39 Å². The lowest BCUT2D eigenvalue weighted by Gasteiger charge is -2.44. The van der Waals surface area contributed by atoms with Gasteiger partial charge in [0, 0.05) is 6.54 Å². The van der Waals surface area contributed by atoms with Crippen molar-refractivity contribution >= 4 is 18.7 Å². The Morgan fingerprint density at radius 2 is 1.29 bits per heavy atom. The van der Waals surface area contributed by atoms with Crippen LogP contribution in [0.2, 0.25) is 5.04 Å². The molecule has 0 aliphatic rings. The predicted molar refractivity (Wildman–Crippen MR) is 102 cm³/mol. The fourth-order valence-electron chi connectivity index (χ4n) is 3.08. The molecule has 2 aromatic carbocycles. The van der Waals surface area contributed by atoms with Gasteiger partial charge in [0.2, 0.25) is 0 Å². The van der Waals surface area contributed by atoms with Gasteiger partial charge in [0.15, 0.2) is 0 Å². The van der Waals surface area contributed by atoms with Crippen molar-refractivity contribution in [3.63, 3.8) is 0 Å². The van der Waals surface area contributed by atoms with Crippen molar-refractivity contribution < 1.29 is 8.82 Å². The van der Waals surface area contributed by atoms with Crippen LogP contribution in [0.3, 0.4) is 0 Å². The number of nitrogens with two attached hydrogens (primary N) is 1. The van der Waals surface area contributed by atoms with E-state index in [4.69, 9.17) is 10.2 Å². The first-order valence-corrected chi connectivity index (χ1v) is 10.3.